The summed E-state index contributed by atoms with van der Waals surface area (Å²) in [6, 6.07) is 15.8. The Bertz CT molecular complexity index is 959. The summed E-state index contributed by atoms with van der Waals surface area (Å²) in [5.74, 6) is 1.05. The summed E-state index contributed by atoms with van der Waals surface area (Å²) in [5.41, 5.74) is 3.29. The molecule has 0 fully saturated rings. The molecule has 4 rings (SSSR count). The second kappa shape index (κ2) is 7.79. The lowest BCUT2D eigenvalue weighted by atomic mass is 10.00. The fourth-order valence-corrected chi connectivity index (χ4v) is 3.94. The van der Waals surface area contributed by atoms with Gasteiger partial charge in [0.05, 0.1) is 12.9 Å². The smallest absolute Gasteiger partial charge is 0.233 e. The van der Waals surface area contributed by atoms with Crippen LogP contribution in [0.25, 0.3) is 5.69 Å². The molecule has 0 N–H and O–H groups in total. The van der Waals surface area contributed by atoms with Gasteiger partial charge in [-0.05, 0) is 40.1 Å². The summed E-state index contributed by atoms with van der Waals surface area (Å²) in [6.45, 7) is 1.40. The van der Waals surface area contributed by atoms with Crippen LogP contribution in [0.15, 0.2) is 53.7 Å². The first kappa shape index (κ1) is 17.5. The number of nitrogens with zero attached hydrogens (tertiary/aromatic N) is 5. The van der Waals surface area contributed by atoms with Crippen LogP contribution >= 0.6 is 11.8 Å². The van der Waals surface area contributed by atoms with Crippen molar-refractivity contribution in [1.82, 2.24) is 25.1 Å². The van der Waals surface area contributed by atoms with Crippen LogP contribution in [0.1, 0.15) is 11.1 Å². The third-order valence-corrected chi connectivity index (χ3v) is 5.47. The van der Waals surface area contributed by atoms with E-state index in [1.165, 1.54) is 22.9 Å². The van der Waals surface area contributed by atoms with Gasteiger partial charge < -0.3 is 9.64 Å². The lowest BCUT2D eigenvalue weighted by Gasteiger charge is -2.28. The summed E-state index contributed by atoms with van der Waals surface area (Å²) >= 11 is 1.33. The van der Waals surface area contributed by atoms with Crippen molar-refractivity contribution in [3.63, 3.8) is 0 Å². The lowest BCUT2D eigenvalue weighted by Crippen LogP contribution is -2.37. The minimum Gasteiger partial charge on any atom is -0.494 e. The first-order valence-corrected chi connectivity index (χ1v) is 9.64. The predicted molar refractivity (Wildman–Crippen MR) is 102 cm³/mol. The molecular weight excluding hydrogens is 362 g/mol. The molecule has 0 spiro atoms. The maximum absolute atomic E-state index is 12.7. The zero-order valence-corrected chi connectivity index (χ0v) is 15.7. The highest BCUT2D eigenvalue weighted by Gasteiger charge is 2.21. The van der Waals surface area contributed by atoms with Crippen molar-refractivity contribution in [3.05, 3.63) is 59.7 Å². The molecule has 1 aliphatic heterocycles. The Labute approximate surface area is 161 Å². The van der Waals surface area contributed by atoms with Crippen LogP contribution in [0, 0.1) is 0 Å². The Morgan fingerprint density at radius 2 is 1.93 bits per heavy atom. The van der Waals surface area contributed by atoms with Gasteiger partial charge in [-0.2, -0.15) is 4.68 Å². The maximum Gasteiger partial charge on any atom is 0.233 e. The van der Waals surface area contributed by atoms with Crippen molar-refractivity contribution >= 4 is 17.7 Å². The minimum absolute atomic E-state index is 0.0871. The van der Waals surface area contributed by atoms with Crippen molar-refractivity contribution in [1.29, 1.82) is 0 Å². The normalized spacial score (nSPS) is 13.3. The van der Waals surface area contributed by atoms with Gasteiger partial charge in [0, 0.05) is 13.1 Å². The molecule has 2 aromatic carbocycles. The van der Waals surface area contributed by atoms with Gasteiger partial charge in [0.2, 0.25) is 11.1 Å². The van der Waals surface area contributed by atoms with Gasteiger partial charge in [0.1, 0.15) is 11.4 Å². The van der Waals surface area contributed by atoms with E-state index in [1.54, 1.807) is 11.8 Å². The standard InChI is InChI=1S/C19H19N5O2S/c1-26-17-9-5-4-8-16(17)24-19(20-21-22-24)27-13-18(25)23-11-10-14-6-2-3-7-15(14)12-23/h2-9H,10-13H2,1H3. The van der Waals surface area contributed by atoms with Gasteiger partial charge in [-0.1, -0.05) is 48.2 Å². The number of aromatic nitrogens is 4. The van der Waals surface area contributed by atoms with Gasteiger partial charge in [0.25, 0.3) is 0 Å². The number of hydrogen-bond acceptors (Lipinski definition) is 6. The Hall–Kier alpha value is -2.87. The third-order valence-electron chi connectivity index (χ3n) is 4.56. The van der Waals surface area contributed by atoms with Crippen LogP contribution in [-0.4, -0.2) is 50.4 Å². The summed E-state index contributed by atoms with van der Waals surface area (Å²) in [6.07, 6.45) is 0.894. The molecule has 2 heterocycles. The third kappa shape index (κ3) is 3.66. The molecule has 27 heavy (non-hydrogen) atoms. The van der Waals surface area contributed by atoms with E-state index in [9.17, 15) is 4.79 Å². The van der Waals surface area contributed by atoms with Crippen molar-refractivity contribution in [2.24, 2.45) is 0 Å². The molecule has 1 aliphatic rings. The van der Waals surface area contributed by atoms with Crippen molar-refractivity contribution in [3.8, 4) is 11.4 Å². The number of fused-ring (bicyclic) bond motifs is 1. The van der Waals surface area contributed by atoms with Crippen LogP contribution in [0.4, 0.5) is 0 Å². The molecular formula is C19H19N5O2S. The van der Waals surface area contributed by atoms with E-state index in [4.69, 9.17) is 4.74 Å². The number of rotatable bonds is 5. The number of tetrazole rings is 1. The summed E-state index contributed by atoms with van der Waals surface area (Å²) < 4.78 is 6.98. The molecule has 0 saturated heterocycles. The van der Waals surface area contributed by atoms with Crippen LogP contribution in [0.5, 0.6) is 5.75 Å². The van der Waals surface area contributed by atoms with E-state index in [0.717, 1.165) is 18.7 Å². The SMILES string of the molecule is COc1ccccc1-n1nnnc1SCC(=O)N1CCc2ccccc2C1. The van der Waals surface area contributed by atoms with Crippen molar-refractivity contribution < 1.29 is 9.53 Å². The van der Waals surface area contributed by atoms with E-state index < -0.39 is 0 Å². The highest BCUT2D eigenvalue weighted by Crippen LogP contribution is 2.26. The molecule has 1 amide bonds. The first-order chi connectivity index (χ1) is 13.3. The maximum atomic E-state index is 12.7. The van der Waals surface area contributed by atoms with Gasteiger partial charge in [-0.15, -0.1) is 5.10 Å². The average molecular weight is 381 g/mol. The zero-order chi connectivity index (χ0) is 18.6. The molecule has 0 aliphatic carbocycles. The number of methoxy groups -OCH3 is 1. The fourth-order valence-electron chi connectivity index (χ4n) is 3.15. The summed E-state index contributed by atoms with van der Waals surface area (Å²) in [7, 11) is 1.60. The molecule has 3 aromatic rings. The second-order valence-corrected chi connectivity index (χ2v) is 7.11. The lowest BCUT2D eigenvalue weighted by molar-refractivity contribution is -0.129. The number of amides is 1. The highest BCUT2D eigenvalue weighted by atomic mass is 32.2. The van der Waals surface area contributed by atoms with Crippen LogP contribution < -0.4 is 4.74 Å². The van der Waals surface area contributed by atoms with Crippen molar-refractivity contribution in [2.75, 3.05) is 19.4 Å². The van der Waals surface area contributed by atoms with Crippen LogP contribution in [0.2, 0.25) is 0 Å². The number of benzene rings is 2. The average Bonchev–Trinajstić information content (AvgIpc) is 3.20. The highest BCUT2D eigenvalue weighted by molar-refractivity contribution is 7.99. The molecule has 0 radical (unpaired) electrons. The Morgan fingerprint density at radius 3 is 2.78 bits per heavy atom. The topological polar surface area (TPSA) is 73.1 Å². The largest absolute Gasteiger partial charge is 0.494 e. The molecule has 0 unspecified atom stereocenters. The monoisotopic (exact) mass is 381 g/mol. The van der Waals surface area contributed by atoms with E-state index in [1.807, 2.05) is 41.3 Å². The van der Waals surface area contributed by atoms with Gasteiger partial charge in [-0.25, -0.2) is 0 Å². The number of hydrogen-bond donors (Lipinski definition) is 0. The van der Waals surface area contributed by atoms with Crippen LogP contribution in [0.3, 0.4) is 0 Å². The second-order valence-electron chi connectivity index (χ2n) is 6.17. The first-order valence-electron chi connectivity index (χ1n) is 8.65. The molecule has 1 aromatic heterocycles. The molecule has 0 bridgehead atoms. The summed E-state index contributed by atoms with van der Waals surface area (Å²) in [4.78, 5) is 14.6. The zero-order valence-electron chi connectivity index (χ0n) is 14.9. The minimum atomic E-state index is 0.0871. The molecule has 8 heteroatoms. The number of thioether (sulfide) groups is 1. The van der Waals surface area contributed by atoms with Crippen LogP contribution in [-0.2, 0) is 17.8 Å². The van der Waals surface area contributed by atoms with Gasteiger partial charge in [0.15, 0.2) is 0 Å². The Balaban J connectivity index is 1.44. The Kier molecular flexibility index (Phi) is 5.06. The summed E-state index contributed by atoms with van der Waals surface area (Å²) in [5, 5.41) is 12.4. The van der Waals surface area contributed by atoms with Crippen molar-refractivity contribution in [2.45, 2.75) is 18.1 Å². The van der Waals surface area contributed by atoms with E-state index in [2.05, 4.69) is 27.7 Å². The molecule has 7 nitrogen and oxygen atoms in total. The quantitative estimate of drug-likeness (QED) is 0.632. The number of carbonyl (C=O) groups excluding carboxylic acids is 1. The molecule has 0 atom stereocenters. The Morgan fingerprint density at radius 1 is 1.15 bits per heavy atom. The number of para-hydroxylation sites is 2. The fraction of sp³-hybridized carbons (Fsp3) is 0.263. The van der Waals surface area contributed by atoms with E-state index in [0.29, 0.717) is 17.5 Å². The number of carbonyl (C=O) groups is 1. The van der Waals surface area contributed by atoms with Gasteiger partial charge in [-0.3, -0.25) is 4.79 Å². The molecule has 0 saturated carbocycles. The predicted octanol–water partition coefficient (Wildman–Crippen LogP) is 2.35. The molecule has 138 valence electrons. The van der Waals surface area contributed by atoms with Gasteiger partial charge >= 0.3 is 0 Å². The van der Waals surface area contributed by atoms with E-state index in [-0.39, 0.29) is 11.7 Å². The van der Waals surface area contributed by atoms with E-state index >= 15 is 0 Å². The number of ether oxygens (including phenoxy) is 1.